The molecule has 0 N–H and O–H groups in total. The first-order valence-corrected chi connectivity index (χ1v) is 22.5. The van der Waals surface area contributed by atoms with Gasteiger partial charge in [0, 0.05) is 27.6 Å². The molecule has 0 heterocycles. The van der Waals surface area contributed by atoms with E-state index in [1.54, 1.807) is 0 Å². The predicted octanol–water partition coefficient (Wildman–Crippen LogP) is 17.2. The Morgan fingerprint density at radius 2 is 0.889 bits per heavy atom. The fraction of sp³-hybridized carbons (Fsp3) is 0.161. The summed E-state index contributed by atoms with van der Waals surface area (Å²) in [6.07, 6.45) is 0. The minimum absolute atomic E-state index is 0.0774. The van der Waals surface area contributed by atoms with Crippen LogP contribution in [0.2, 0.25) is 0 Å². The molecule has 0 amide bonds. The topological polar surface area (TPSA) is 3.24 Å². The maximum atomic E-state index is 2.55. The van der Waals surface area contributed by atoms with Crippen LogP contribution >= 0.6 is 0 Å². The Morgan fingerprint density at radius 1 is 0.365 bits per heavy atom. The smallest absolute Gasteiger partial charge is 0.0546 e. The molecule has 11 rings (SSSR count). The quantitative estimate of drug-likeness (QED) is 0.162. The van der Waals surface area contributed by atoms with Crippen molar-refractivity contribution < 1.29 is 0 Å². The Labute approximate surface area is 373 Å². The van der Waals surface area contributed by atoms with E-state index in [0.717, 1.165) is 17.1 Å². The minimum Gasteiger partial charge on any atom is -0.309 e. The molecule has 306 valence electrons. The largest absolute Gasteiger partial charge is 0.309 e. The van der Waals surface area contributed by atoms with Gasteiger partial charge in [0.15, 0.2) is 0 Å². The fourth-order valence-corrected chi connectivity index (χ4v) is 10.8. The summed E-state index contributed by atoms with van der Waals surface area (Å²) in [5.41, 5.74) is 22.6. The monoisotopic (exact) mass is 811 g/mol. The number of benzene rings is 9. The van der Waals surface area contributed by atoms with Crippen LogP contribution in [0.25, 0.3) is 66.4 Å². The van der Waals surface area contributed by atoms with Crippen LogP contribution in [0.4, 0.5) is 17.1 Å². The molecule has 0 aromatic heterocycles. The number of anilines is 3. The lowest BCUT2D eigenvalue weighted by Crippen LogP contribution is -2.16. The maximum absolute atomic E-state index is 2.55. The first-order valence-electron chi connectivity index (χ1n) is 22.5. The Morgan fingerprint density at radius 3 is 1.57 bits per heavy atom. The Kier molecular flexibility index (Phi) is 8.83. The number of fused-ring (bicyclic) bond motifs is 7. The molecule has 63 heavy (non-hydrogen) atoms. The third kappa shape index (κ3) is 6.20. The molecule has 0 saturated heterocycles. The molecule has 0 fully saturated rings. The highest BCUT2D eigenvalue weighted by atomic mass is 15.1. The van der Waals surface area contributed by atoms with E-state index in [9.17, 15) is 0 Å². The van der Waals surface area contributed by atoms with Crippen molar-refractivity contribution in [1.82, 2.24) is 0 Å². The summed E-state index contributed by atoms with van der Waals surface area (Å²) in [5.74, 6) is 0. The van der Waals surface area contributed by atoms with Gasteiger partial charge in [-0.3, -0.25) is 0 Å². The second-order valence-corrected chi connectivity index (χ2v) is 19.8. The van der Waals surface area contributed by atoms with Gasteiger partial charge in [0.2, 0.25) is 0 Å². The average molecular weight is 812 g/mol. The van der Waals surface area contributed by atoms with E-state index in [1.165, 1.54) is 94.2 Å². The van der Waals surface area contributed by atoms with Crippen molar-refractivity contribution in [1.29, 1.82) is 0 Å². The maximum Gasteiger partial charge on any atom is 0.0546 e. The van der Waals surface area contributed by atoms with Crippen LogP contribution in [0.15, 0.2) is 194 Å². The van der Waals surface area contributed by atoms with Gasteiger partial charge in [0.25, 0.3) is 0 Å². The lowest BCUT2D eigenvalue weighted by molar-refractivity contribution is 0.590. The van der Waals surface area contributed by atoms with E-state index in [1.807, 2.05) is 0 Å². The van der Waals surface area contributed by atoms with Gasteiger partial charge >= 0.3 is 0 Å². The molecule has 1 heteroatoms. The van der Waals surface area contributed by atoms with Gasteiger partial charge in [-0.2, -0.15) is 0 Å². The zero-order valence-electron chi connectivity index (χ0n) is 37.4. The Bertz CT molecular complexity index is 3250. The van der Waals surface area contributed by atoms with Crippen LogP contribution in [-0.4, -0.2) is 0 Å². The van der Waals surface area contributed by atoms with E-state index >= 15 is 0 Å². The highest BCUT2D eigenvalue weighted by Crippen LogP contribution is 2.55. The second-order valence-electron chi connectivity index (χ2n) is 19.8. The summed E-state index contributed by atoms with van der Waals surface area (Å²) in [5, 5.41) is 2.45. The summed E-state index contributed by atoms with van der Waals surface area (Å²) in [6, 6.07) is 73.2. The summed E-state index contributed by atoms with van der Waals surface area (Å²) in [6.45, 7) is 16.3. The molecule has 1 nitrogen and oxygen atoms in total. The predicted molar refractivity (Wildman–Crippen MR) is 269 cm³/mol. The summed E-state index contributed by atoms with van der Waals surface area (Å²) in [7, 11) is 0. The lowest BCUT2D eigenvalue weighted by atomic mass is 9.82. The molecule has 0 spiro atoms. The van der Waals surface area contributed by atoms with Crippen molar-refractivity contribution in [2.24, 2.45) is 0 Å². The van der Waals surface area contributed by atoms with Gasteiger partial charge in [-0.1, -0.05) is 206 Å². The second kappa shape index (κ2) is 14.3. The third-order valence-electron chi connectivity index (χ3n) is 14.3. The van der Waals surface area contributed by atoms with Crippen molar-refractivity contribution in [3.05, 3.63) is 222 Å². The van der Waals surface area contributed by atoms with Crippen molar-refractivity contribution in [3.63, 3.8) is 0 Å². The minimum atomic E-state index is -0.0999. The summed E-state index contributed by atoms with van der Waals surface area (Å²) < 4.78 is 0. The summed E-state index contributed by atoms with van der Waals surface area (Å²) in [4.78, 5) is 2.55. The molecule has 0 unspecified atom stereocenters. The fourth-order valence-electron chi connectivity index (χ4n) is 10.8. The van der Waals surface area contributed by atoms with E-state index in [4.69, 9.17) is 0 Å². The van der Waals surface area contributed by atoms with Crippen molar-refractivity contribution in [2.45, 2.75) is 64.7 Å². The first-order chi connectivity index (χ1) is 30.4. The van der Waals surface area contributed by atoms with Crippen LogP contribution in [0, 0.1) is 0 Å². The molecule has 0 radical (unpaired) electrons. The van der Waals surface area contributed by atoms with Crippen molar-refractivity contribution >= 4 is 27.8 Å². The number of hydrogen-bond acceptors (Lipinski definition) is 1. The molecular formula is C62H53N. The standard InChI is InChI=1S/C62H53N/c1-60(2,3)45-30-25-40(26-31-45)43-29-35-57(50(37-43)41-17-9-8-10-18-41)63(46-32-34-56-52(39-46)49-22-14-16-24-54(49)62(56,6)7)58-36-28-42-19-11-12-20-47(42)59(58)44-27-33-55-51(38-44)48-21-13-15-23-53(48)61(55,4)5/h8-39H,1-7H3. The molecule has 2 aliphatic carbocycles. The zero-order valence-corrected chi connectivity index (χ0v) is 37.4. The van der Waals surface area contributed by atoms with E-state index in [0.29, 0.717) is 0 Å². The Balaban J connectivity index is 1.20. The summed E-state index contributed by atoms with van der Waals surface area (Å²) >= 11 is 0. The molecule has 0 bridgehead atoms. The molecule has 0 saturated carbocycles. The van der Waals surface area contributed by atoms with Crippen LogP contribution < -0.4 is 4.90 Å². The molecule has 9 aromatic rings. The Hall–Kier alpha value is -6.96. The third-order valence-corrected chi connectivity index (χ3v) is 14.3. The SMILES string of the molecule is CC(C)(C)c1ccc(-c2ccc(N(c3ccc4c(c3)-c3ccccc3C4(C)C)c3ccc4ccccc4c3-c3ccc4c(c3)-c3ccccc3C4(C)C)c(-c3ccccc3)c2)cc1. The van der Waals surface area contributed by atoms with Gasteiger partial charge in [-0.15, -0.1) is 0 Å². The normalized spacial score (nSPS) is 14.2. The molecule has 0 aliphatic heterocycles. The van der Waals surface area contributed by atoms with E-state index in [2.05, 4.69) is 247 Å². The van der Waals surface area contributed by atoms with Gasteiger partial charge < -0.3 is 4.90 Å². The van der Waals surface area contributed by atoms with Crippen LogP contribution in [-0.2, 0) is 16.2 Å². The molecule has 0 atom stereocenters. The molecule has 9 aromatic carbocycles. The first kappa shape index (κ1) is 38.9. The number of rotatable bonds is 6. The number of hydrogen-bond donors (Lipinski definition) is 0. The lowest BCUT2D eigenvalue weighted by Gasteiger charge is -2.32. The van der Waals surface area contributed by atoms with Gasteiger partial charge in [-0.05, 0) is 125 Å². The highest BCUT2D eigenvalue weighted by Gasteiger charge is 2.37. The van der Waals surface area contributed by atoms with Crippen LogP contribution in [0.3, 0.4) is 0 Å². The van der Waals surface area contributed by atoms with Crippen molar-refractivity contribution in [3.8, 4) is 55.6 Å². The molecule has 2 aliphatic rings. The van der Waals surface area contributed by atoms with Crippen LogP contribution in [0.1, 0.15) is 76.3 Å². The van der Waals surface area contributed by atoms with Gasteiger partial charge in [0.05, 0.1) is 11.4 Å². The van der Waals surface area contributed by atoms with E-state index in [-0.39, 0.29) is 16.2 Å². The van der Waals surface area contributed by atoms with Gasteiger partial charge in [-0.25, -0.2) is 0 Å². The van der Waals surface area contributed by atoms with E-state index < -0.39 is 0 Å². The number of nitrogens with zero attached hydrogens (tertiary/aromatic N) is 1. The highest BCUT2D eigenvalue weighted by molar-refractivity contribution is 6.07. The van der Waals surface area contributed by atoms with Crippen molar-refractivity contribution in [2.75, 3.05) is 4.90 Å². The van der Waals surface area contributed by atoms with Crippen LogP contribution in [0.5, 0.6) is 0 Å². The molecular weight excluding hydrogens is 759 g/mol. The zero-order chi connectivity index (χ0) is 43.3. The average Bonchev–Trinajstić information content (AvgIpc) is 3.68. The van der Waals surface area contributed by atoms with Gasteiger partial charge in [0.1, 0.15) is 0 Å².